The predicted octanol–water partition coefficient (Wildman–Crippen LogP) is 4.57. The molecule has 0 aliphatic carbocycles. The molecule has 0 bridgehead atoms. The van der Waals surface area contributed by atoms with Crippen molar-refractivity contribution in [3.63, 3.8) is 0 Å². The Morgan fingerprint density at radius 3 is 2.25 bits per heavy atom. The third-order valence-corrected chi connectivity index (χ3v) is 3.26. The van der Waals surface area contributed by atoms with Crippen LogP contribution in [0.25, 0.3) is 0 Å². The molecule has 2 aromatic carbocycles. The summed E-state index contributed by atoms with van der Waals surface area (Å²) in [4.78, 5) is 12.2. The van der Waals surface area contributed by atoms with E-state index in [-0.39, 0.29) is 16.3 Å². The molecule has 20 heavy (non-hydrogen) atoms. The second-order valence-corrected chi connectivity index (χ2v) is 5.46. The summed E-state index contributed by atoms with van der Waals surface area (Å²) in [5.41, 5.74) is 2.77. The van der Waals surface area contributed by atoms with Crippen molar-refractivity contribution in [2.45, 2.75) is 13.8 Å². The zero-order valence-electron chi connectivity index (χ0n) is 11.0. The highest BCUT2D eigenvalue weighted by atomic mass is 35.5. The highest BCUT2D eigenvalue weighted by molar-refractivity contribution is 6.36. The van der Waals surface area contributed by atoms with Crippen LogP contribution in [0.2, 0.25) is 10.0 Å². The molecule has 0 heterocycles. The Morgan fingerprint density at radius 1 is 1.05 bits per heavy atom. The van der Waals surface area contributed by atoms with Crippen LogP contribution < -0.4 is 5.32 Å². The van der Waals surface area contributed by atoms with Gasteiger partial charge in [0, 0.05) is 10.7 Å². The second-order valence-electron chi connectivity index (χ2n) is 4.61. The van der Waals surface area contributed by atoms with Crippen LogP contribution in [0.1, 0.15) is 21.5 Å². The fraction of sp³-hybridized carbons (Fsp3) is 0.133. The Balaban J connectivity index is 2.33. The fourth-order valence-corrected chi connectivity index (χ4v) is 2.48. The first-order valence-corrected chi connectivity index (χ1v) is 6.70. The number of phenolic OH excluding ortho intramolecular Hbond substituents is 1. The summed E-state index contributed by atoms with van der Waals surface area (Å²) in [6.45, 7) is 3.88. The molecule has 0 radical (unpaired) electrons. The minimum atomic E-state index is -0.461. The third kappa shape index (κ3) is 3.24. The molecule has 0 aliphatic rings. The van der Waals surface area contributed by atoms with Gasteiger partial charge in [-0.2, -0.15) is 0 Å². The van der Waals surface area contributed by atoms with E-state index in [9.17, 15) is 9.90 Å². The summed E-state index contributed by atoms with van der Waals surface area (Å²) in [5, 5.41) is 12.9. The van der Waals surface area contributed by atoms with Crippen molar-refractivity contribution < 1.29 is 9.90 Å². The molecule has 0 saturated heterocycles. The summed E-state index contributed by atoms with van der Waals surface area (Å²) >= 11 is 11.6. The number of benzene rings is 2. The monoisotopic (exact) mass is 309 g/mol. The van der Waals surface area contributed by atoms with Crippen LogP contribution in [0.3, 0.4) is 0 Å². The van der Waals surface area contributed by atoms with Crippen molar-refractivity contribution in [1.29, 1.82) is 0 Å². The summed E-state index contributed by atoms with van der Waals surface area (Å²) in [6, 6.07) is 8.44. The lowest BCUT2D eigenvalue weighted by Crippen LogP contribution is -2.12. The standard InChI is InChI=1S/C15H13Cl2NO2/c1-8-3-9(2)5-11(4-8)18-15(20)12-6-10(16)7-13(17)14(12)19/h3-7,19H,1-2H3,(H,18,20). The molecule has 104 valence electrons. The number of hydrogen-bond donors (Lipinski definition) is 2. The van der Waals surface area contributed by atoms with Gasteiger partial charge in [0.25, 0.3) is 5.91 Å². The first kappa shape index (κ1) is 14.7. The number of carbonyl (C=O) groups is 1. The number of halogens is 2. The predicted molar refractivity (Wildman–Crippen MR) is 82.0 cm³/mol. The maximum atomic E-state index is 12.2. The molecular formula is C15H13Cl2NO2. The number of phenols is 1. The Kier molecular flexibility index (Phi) is 4.21. The van der Waals surface area contributed by atoms with Gasteiger partial charge < -0.3 is 10.4 Å². The van der Waals surface area contributed by atoms with Gasteiger partial charge in [-0.05, 0) is 49.2 Å². The lowest BCUT2D eigenvalue weighted by atomic mass is 10.1. The van der Waals surface area contributed by atoms with E-state index in [0.29, 0.717) is 10.7 Å². The summed E-state index contributed by atoms with van der Waals surface area (Å²) in [7, 11) is 0. The summed E-state index contributed by atoms with van der Waals surface area (Å²) in [5.74, 6) is -0.741. The molecule has 0 unspecified atom stereocenters. The van der Waals surface area contributed by atoms with Crippen LogP contribution in [0.4, 0.5) is 5.69 Å². The number of nitrogens with one attached hydrogen (secondary N) is 1. The fourth-order valence-electron chi connectivity index (χ4n) is 1.98. The normalized spacial score (nSPS) is 10.4. The lowest BCUT2D eigenvalue weighted by Gasteiger charge is -2.10. The van der Waals surface area contributed by atoms with Gasteiger partial charge >= 0.3 is 0 Å². The average Bonchev–Trinajstić information content (AvgIpc) is 2.32. The van der Waals surface area contributed by atoms with Crippen molar-refractivity contribution in [1.82, 2.24) is 0 Å². The van der Waals surface area contributed by atoms with Gasteiger partial charge in [0.1, 0.15) is 5.75 Å². The zero-order valence-corrected chi connectivity index (χ0v) is 12.5. The van der Waals surface area contributed by atoms with E-state index >= 15 is 0 Å². The number of amides is 1. The van der Waals surface area contributed by atoms with E-state index in [4.69, 9.17) is 23.2 Å². The molecule has 0 aromatic heterocycles. The maximum absolute atomic E-state index is 12.2. The number of aryl methyl sites for hydroxylation is 2. The van der Waals surface area contributed by atoms with Crippen molar-refractivity contribution in [2.75, 3.05) is 5.32 Å². The van der Waals surface area contributed by atoms with Gasteiger partial charge in [0.05, 0.1) is 10.6 Å². The first-order valence-electron chi connectivity index (χ1n) is 5.94. The molecule has 0 saturated carbocycles. The van der Waals surface area contributed by atoms with Gasteiger partial charge in [0.2, 0.25) is 0 Å². The Morgan fingerprint density at radius 2 is 1.65 bits per heavy atom. The number of aromatic hydroxyl groups is 1. The van der Waals surface area contributed by atoms with Crippen LogP contribution in [0, 0.1) is 13.8 Å². The van der Waals surface area contributed by atoms with E-state index in [2.05, 4.69) is 5.32 Å². The quantitative estimate of drug-likeness (QED) is 0.853. The van der Waals surface area contributed by atoms with E-state index < -0.39 is 5.91 Å². The summed E-state index contributed by atoms with van der Waals surface area (Å²) in [6.07, 6.45) is 0. The van der Waals surface area contributed by atoms with Crippen molar-refractivity contribution in [3.05, 3.63) is 57.1 Å². The van der Waals surface area contributed by atoms with Crippen molar-refractivity contribution >= 4 is 34.8 Å². The van der Waals surface area contributed by atoms with Gasteiger partial charge in [-0.3, -0.25) is 4.79 Å². The highest BCUT2D eigenvalue weighted by Gasteiger charge is 2.15. The SMILES string of the molecule is Cc1cc(C)cc(NC(=O)c2cc(Cl)cc(Cl)c2O)c1. The molecule has 0 spiro atoms. The highest BCUT2D eigenvalue weighted by Crippen LogP contribution is 2.31. The lowest BCUT2D eigenvalue weighted by molar-refractivity contribution is 0.102. The van der Waals surface area contributed by atoms with Crippen molar-refractivity contribution in [2.24, 2.45) is 0 Å². The molecule has 2 rings (SSSR count). The molecule has 3 nitrogen and oxygen atoms in total. The maximum Gasteiger partial charge on any atom is 0.259 e. The van der Waals surface area contributed by atoms with Gasteiger partial charge in [0.15, 0.2) is 0 Å². The molecule has 1 amide bonds. The molecule has 2 aromatic rings. The van der Waals surface area contributed by atoms with Crippen LogP contribution in [0.15, 0.2) is 30.3 Å². The Labute approximate surface area is 127 Å². The van der Waals surface area contributed by atoms with E-state index in [1.54, 1.807) is 0 Å². The van der Waals surface area contributed by atoms with Gasteiger partial charge in [-0.25, -0.2) is 0 Å². The van der Waals surface area contributed by atoms with E-state index in [1.807, 2.05) is 32.0 Å². The van der Waals surface area contributed by atoms with Gasteiger partial charge in [-0.1, -0.05) is 29.3 Å². The molecule has 0 fully saturated rings. The summed E-state index contributed by atoms with van der Waals surface area (Å²) < 4.78 is 0. The number of hydrogen-bond acceptors (Lipinski definition) is 2. The number of carbonyl (C=O) groups excluding carboxylic acids is 1. The number of anilines is 1. The minimum Gasteiger partial charge on any atom is -0.506 e. The van der Waals surface area contributed by atoms with Gasteiger partial charge in [-0.15, -0.1) is 0 Å². The van der Waals surface area contributed by atoms with Crippen LogP contribution in [-0.4, -0.2) is 11.0 Å². The molecular weight excluding hydrogens is 297 g/mol. The molecule has 0 atom stereocenters. The zero-order chi connectivity index (χ0) is 14.9. The Bertz CT molecular complexity index is 664. The number of rotatable bonds is 2. The molecule has 5 heteroatoms. The van der Waals surface area contributed by atoms with Crippen LogP contribution >= 0.6 is 23.2 Å². The smallest absolute Gasteiger partial charge is 0.259 e. The average molecular weight is 310 g/mol. The second kappa shape index (κ2) is 5.73. The van der Waals surface area contributed by atoms with Crippen molar-refractivity contribution in [3.8, 4) is 5.75 Å². The third-order valence-electron chi connectivity index (χ3n) is 2.75. The molecule has 0 aliphatic heterocycles. The van der Waals surface area contributed by atoms with Crippen LogP contribution in [-0.2, 0) is 0 Å². The van der Waals surface area contributed by atoms with E-state index in [1.165, 1.54) is 12.1 Å². The first-order chi connectivity index (χ1) is 9.36. The largest absolute Gasteiger partial charge is 0.506 e. The molecule has 2 N–H and O–H groups in total. The van der Waals surface area contributed by atoms with E-state index in [0.717, 1.165) is 11.1 Å². The topological polar surface area (TPSA) is 49.3 Å². The van der Waals surface area contributed by atoms with Crippen LogP contribution in [0.5, 0.6) is 5.75 Å². The minimum absolute atomic E-state index is 0.0432. The Hall–Kier alpha value is -1.71.